The molecule has 0 saturated carbocycles. The van der Waals surface area contributed by atoms with Crippen LogP contribution < -0.4 is 20.1 Å². The zero-order chi connectivity index (χ0) is 29.1. The van der Waals surface area contributed by atoms with Crippen molar-refractivity contribution in [1.82, 2.24) is 4.90 Å². The van der Waals surface area contributed by atoms with Gasteiger partial charge in [0, 0.05) is 38.3 Å². The molecule has 5 nitrogen and oxygen atoms in total. The van der Waals surface area contributed by atoms with E-state index < -0.39 is 41.5 Å². The topological polar surface area (TPSA) is 51.0 Å². The summed E-state index contributed by atoms with van der Waals surface area (Å²) in [6, 6.07) is 14.9. The number of nitrogens with two attached hydrogens (primary N) is 1. The van der Waals surface area contributed by atoms with E-state index in [9.17, 15) is 26.3 Å². The molecule has 1 fully saturated rings. The Morgan fingerprint density at radius 3 is 1.98 bits per heavy atom. The normalized spacial score (nSPS) is 17.3. The number of ether oxygens (including phenoxy) is 2. The van der Waals surface area contributed by atoms with Gasteiger partial charge in [0.1, 0.15) is 11.5 Å². The second kappa shape index (κ2) is 12.0. The molecule has 0 bridgehead atoms. The molecule has 216 valence electrons. The molecule has 0 radical (unpaired) electrons. The molecule has 2 N–H and O–H groups in total. The number of anilines is 1. The average molecular weight is 568 g/mol. The van der Waals surface area contributed by atoms with E-state index in [4.69, 9.17) is 15.2 Å². The van der Waals surface area contributed by atoms with E-state index >= 15 is 0 Å². The molecule has 3 aromatic rings. The van der Waals surface area contributed by atoms with E-state index in [2.05, 4.69) is 0 Å². The van der Waals surface area contributed by atoms with E-state index in [1.807, 2.05) is 15.9 Å². The molecule has 0 aromatic heterocycles. The van der Waals surface area contributed by atoms with Crippen LogP contribution >= 0.6 is 0 Å². The largest absolute Gasteiger partial charge is 0.497 e. The Hall–Kier alpha value is -3.44. The predicted molar refractivity (Wildman–Crippen MR) is 141 cm³/mol. The molecule has 1 aliphatic heterocycles. The van der Waals surface area contributed by atoms with E-state index in [-0.39, 0.29) is 0 Å². The Morgan fingerprint density at radius 1 is 0.775 bits per heavy atom. The summed E-state index contributed by atoms with van der Waals surface area (Å²) in [5.74, 6) is -1.34. The van der Waals surface area contributed by atoms with Gasteiger partial charge >= 0.3 is 12.4 Å². The van der Waals surface area contributed by atoms with Gasteiger partial charge < -0.3 is 20.1 Å². The first-order valence-electron chi connectivity index (χ1n) is 12.7. The van der Waals surface area contributed by atoms with Crippen molar-refractivity contribution in [3.63, 3.8) is 0 Å². The summed E-state index contributed by atoms with van der Waals surface area (Å²) in [5.41, 5.74) is 5.49. The summed E-state index contributed by atoms with van der Waals surface area (Å²) >= 11 is 0. The van der Waals surface area contributed by atoms with E-state index in [0.717, 1.165) is 17.8 Å². The minimum Gasteiger partial charge on any atom is -0.497 e. The third-order valence-corrected chi connectivity index (χ3v) is 7.28. The summed E-state index contributed by atoms with van der Waals surface area (Å²) in [4.78, 5) is 3.87. The molecule has 0 amide bonds. The molecule has 11 heteroatoms. The van der Waals surface area contributed by atoms with E-state index in [1.54, 1.807) is 49.6 Å². The number of hydrogen-bond donors (Lipinski definition) is 1. The number of hydrogen-bond acceptors (Lipinski definition) is 5. The molecule has 4 rings (SSSR count). The van der Waals surface area contributed by atoms with Gasteiger partial charge in [-0.25, -0.2) is 0 Å². The second-order valence-corrected chi connectivity index (χ2v) is 9.60. The minimum atomic E-state index is -5.02. The number of piperazine rings is 1. The van der Waals surface area contributed by atoms with Gasteiger partial charge in [-0.15, -0.1) is 0 Å². The Bertz CT molecular complexity index is 1260. The Labute approximate surface area is 229 Å². The van der Waals surface area contributed by atoms with Crippen molar-refractivity contribution < 1.29 is 35.8 Å². The van der Waals surface area contributed by atoms with Crippen molar-refractivity contribution in [1.29, 1.82) is 0 Å². The lowest BCUT2D eigenvalue weighted by Crippen LogP contribution is -2.54. The Morgan fingerprint density at radius 2 is 1.40 bits per heavy atom. The van der Waals surface area contributed by atoms with Gasteiger partial charge in [-0.1, -0.05) is 48.5 Å². The maximum Gasteiger partial charge on any atom is 0.416 e. The summed E-state index contributed by atoms with van der Waals surface area (Å²) in [5, 5.41) is 0. The molecule has 0 aliphatic carbocycles. The lowest BCUT2D eigenvalue weighted by atomic mass is 9.81. The van der Waals surface area contributed by atoms with Crippen LogP contribution in [0.2, 0.25) is 0 Å². The molecule has 3 atom stereocenters. The molecule has 3 unspecified atom stereocenters. The molecule has 1 aliphatic rings. The van der Waals surface area contributed by atoms with Gasteiger partial charge in [0.15, 0.2) is 0 Å². The molecular weight excluding hydrogens is 536 g/mol. The van der Waals surface area contributed by atoms with Crippen LogP contribution in [0.1, 0.15) is 28.7 Å². The van der Waals surface area contributed by atoms with Crippen LogP contribution in [0.4, 0.5) is 32.0 Å². The fourth-order valence-corrected chi connectivity index (χ4v) is 5.42. The van der Waals surface area contributed by atoms with Crippen molar-refractivity contribution in [2.75, 3.05) is 45.3 Å². The SMILES string of the molecule is COc1ccc(N2CCN(C(c3ccccc3)C(N)C(c3ccccc3C(F)(F)F)C(F)(F)F)CC2)c(OC)c1. The number of benzene rings is 3. The highest BCUT2D eigenvalue weighted by atomic mass is 19.4. The number of alkyl halides is 6. The fraction of sp³-hybridized carbons (Fsp3) is 0.379. The first kappa shape index (κ1) is 29.5. The first-order chi connectivity index (χ1) is 19.0. The van der Waals surface area contributed by atoms with Gasteiger partial charge in [0.2, 0.25) is 0 Å². The molecule has 3 aromatic carbocycles. The predicted octanol–water partition coefficient (Wildman–Crippen LogP) is 6.26. The van der Waals surface area contributed by atoms with E-state index in [1.165, 1.54) is 13.2 Å². The summed E-state index contributed by atoms with van der Waals surface area (Å²) in [6.45, 7) is 1.53. The van der Waals surface area contributed by atoms with Crippen LogP contribution in [0.25, 0.3) is 0 Å². The minimum absolute atomic E-state index is 0.327. The monoisotopic (exact) mass is 567 g/mol. The first-order valence-corrected chi connectivity index (χ1v) is 12.7. The van der Waals surface area contributed by atoms with Crippen LogP contribution in [-0.4, -0.2) is 57.5 Å². The standard InChI is InChI=1S/C29H31F6N3O2/c1-39-20-12-13-23(24(18-20)40-2)37-14-16-38(17-15-37)27(19-8-4-3-5-9-19)26(36)25(29(33,34)35)21-10-6-7-11-22(21)28(30,31)32/h3-13,18,25-27H,14-17,36H2,1-2H3. The third kappa shape index (κ3) is 6.31. The average Bonchev–Trinajstić information content (AvgIpc) is 2.93. The maximum absolute atomic E-state index is 14.6. The third-order valence-electron chi connectivity index (χ3n) is 7.28. The van der Waals surface area contributed by atoms with Crippen molar-refractivity contribution in [2.45, 2.75) is 30.4 Å². The number of methoxy groups -OCH3 is 2. The lowest BCUT2D eigenvalue weighted by molar-refractivity contribution is -0.164. The Kier molecular flexibility index (Phi) is 8.84. The quantitative estimate of drug-likeness (QED) is 0.326. The highest BCUT2D eigenvalue weighted by Gasteiger charge is 2.51. The number of halogens is 6. The smallest absolute Gasteiger partial charge is 0.416 e. The summed E-state index contributed by atoms with van der Waals surface area (Å²) in [7, 11) is 3.08. The maximum atomic E-state index is 14.6. The van der Waals surface area contributed by atoms with Crippen LogP contribution in [-0.2, 0) is 6.18 Å². The van der Waals surface area contributed by atoms with Gasteiger partial charge in [-0.05, 0) is 29.3 Å². The van der Waals surface area contributed by atoms with Crippen molar-refractivity contribution in [3.8, 4) is 11.5 Å². The van der Waals surface area contributed by atoms with Gasteiger partial charge in [0.05, 0.1) is 37.4 Å². The van der Waals surface area contributed by atoms with Crippen LogP contribution in [0.15, 0.2) is 72.8 Å². The summed E-state index contributed by atoms with van der Waals surface area (Å²) < 4.78 is 96.0. The van der Waals surface area contributed by atoms with Crippen LogP contribution in [0, 0.1) is 0 Å². The zero-order valence-electron chi connectivity index (χ0n) is 22.0. The fourth-order valence-electron chi connectivity index (χ4n) is 5.42. The van der Waals surface area contributed by atoms with Crippen molar-refractivity contribution >= 4 is 5.69 Å². The zero-order valence-corrected chi connectivity index (χ0v) is 22.0. The van der Waals surface area contributed by atoms with Crippen LogP contribution in [0.3, 0.4) is 0 Å². The summed E-state index contributed by atoms with van der Waals surface area (Å²) in [6.07, 6.45) is -9.99. The van der Waals surface area contributed by atoms with Gasteiger partial charge in [0.25, 0.3) is 0 Å². The highest BCUT2D eigenvalue weighted by Crippen LogP contribution is 2.46. The number of nitrogens with zero attached hydrogens (tertiary/aromatic N) is 2. The molecule has 1 saturated heterocycles. The lowest BCUT2D eigenvalue weighted by Gasteiger charge is -2.44. The van der Waals surface area contributed by atoms with Crippen LogP contribution in [0.5, 0.6) is 11.5 Å². The second-order valence-electron chi connectivity index (χ2n) is 9.60. The molecule has 1 heterocycles. The van der Waals surface area contributed by atoms with Gasteiger partial charge in [-0.3, -0.25) is 4.90 Å². The van der Waals surface area contributed by atoms with Crippen molar-refractivity contribution in [3.05, 3.63) is 89.5 Å². The Balaban J connectivity index is 1.68. The molecule has 40 heavy (non-hydrogen) atoms. The number of rotatable bonds is 8. The van der Waals surface area contributed by atoms with Crippen molar-refractivity contribution in [2.24, 2.45) is 5.73 Å². The molecule has 0 spiro atoms. The van der Waals surface area contributed by atoms with Gasteiger partial charge in [-0.2, -0.15) is 26.3 Å². The van der Waals surface area contributed by atoms with E-state index in [0.29, 0.717) is 49.3 Å². The molecular formula is C29H31F6N3O2. The highest BCUT2D eigenvalue weighted by molar-refractivity contribution is 5.61.